The number of allylic oxidation sites excluding steroid dienone is 1. The molecule has 0 bridgehead atoms. The number of hydrogen-bond acceptors (Lipinski definition) is 3. The van der Waals surface area contributed by atoms with Gasteiger partial charge in [0.05, 0.1) is 7.11 Å². The van der Waals surface area contributed by atoms with Crippen LogP contribution in [-0.2, 0) is 14.3 Å². The predicted molar refractivity (Wildman–Crippen MR) is 61.7 cm³/mol. The van der Waals surface area contributed by atoms with Crippen molar-refractivity contribution in [3.05, 3.63) is 9.28 Å². The highest BCUT2D eigenvalue weighted by molar-refractivity contribution is 14.1. The lowest BCUT2D eigenvalue weighted by Crippen LogP contribution is -2.27. The van der Waals surface area contributed by atoms with Gasteiger partial charge in [-0.25, -0.2) is 4.79 Å². The lowest BCUT2D eigenvalue weighted by molar-refractivity contribution is -0.137. The quantitative estimate of drug-likeness (QED) is 0.489. The number of ether oxygens (including phenoxy) is 1. The molecule has 0 rings (SSSR count). The lowest BCUT2D eigenvalue weighted by atomic mass is 10.2. The van der Waals surface area contributed by atoms with Gasteiger partial charge in [0.25, 0.3) is 0 Å². The predicted octanol–water partition coefficient (Wildman–Crippen LogP) is 1.60. The van der Waals surface area contributed by atoms with Crippen molar-refractivity contribution in [3.8, 4) is 0 Å². The van der Waals surface area contributed by atoms with Crippen molar-refractivity contribution in [2.45, 2.75) is 20.8 Å². The molecule has 4 nitrogen and oxygen atoms in total. The molecule has 80 valence electrons. The van der Waals surface area contributed by atoms with Gasteiger partial charge in [0.2, 0.25) is 5.91 Å². The molecule has 0 aromatic carbocycles. The summed E-state index contributed by atoms with van der Waals surface area (Å²) in [7, 11) is 1.29. The van der Waals surface area contributed by atoms with E-state index < -0.39 is 5.97 Å². The second kappa shape index (κ2) is 6.00. The number of rotatable bonds is 3. The number of esters is 1. The first-order valence-electron chi connectivity index (χ1n) is 4.15. The van der Waals surface area contributed by atoms with Crippen molar-refractivity contribution in [1.29, 1.82) is 0 Å². The average Bonchev–Trinajstić information content (AvgIpc) is 2.11. The smallest absolute Gasteiger partial charge is 0.355 e. The lowest BCUT2D eigenvalue weighted by Gasteiger charge is -2.11. The molecule has 0 aliphatic heterocycles. The molecule has 1 amide bonds. The van der Waals surface area contributed by atoms with Crippen LogP contribution < -0.4 is 5.32 Å². The van der Waals surface area contributed by atoms with Crippen molar-refractivity contribution in [2.24, 2.45) is 5.92 Å². The SMILES string of the molecule is COC(=O)/C(NC(C)=O)=C(/I)C(C)C. The van der Waals surface area contributed by atoms with Gasteiger partial charge in [-0.15, -0.1) is 0 Å². The molecule has 0 saturated carbocycles. The van der Waals surface area contributed by atoms with Gasteiger partial charge >= 0.3 is 5.97 Å². The van der Waals surface area contributed by atoms with Gasteiger partial charge < -0.3 is 10.1 Å². The number of amides is 1. The van der Waals surface area contributed by atoms with Gasteiger partial charge in [-0.1, -0.05) is 13.8 Å². The van der Waals surface area contributed by atoms with E-state index >= 15 is 0 Å². The second-order valence-electron chi connectivity index (χ2n) is 3.05. The monoisotopic (exact) mass is 311 g/mol. The van der Waals surface area contributed by atoms with Crippen molar-refractivity contribution in [1.82, 2.24) is 5.32 Å². The number of halogens is 1. The Balaban J connectivity index is 4.98. The molecule has 0 radical (unpaired) electrons. The van der Waals surface area contributed by atoms with Gasteiger partial charge in [-0.3, -0.25) is 4.79 Å². The Labute approximate surface area is 97.2 Å². The molecule has 0 saturated heterocycles. The van der Waals surface area contributed by atoms with Crippen molar-refractivity contribution in [3.63, 3.8) is 0 Å². The zero-order valence-electron chi connectivity index (χ0n) is 8.68. The second-order valence-corrected chi connectivity index (χ2v) is 4.21. The van der Waals surface area contributed by atoms with Crippen LogP contribution in [0.2, 0.25) is 0 Å². The molecule has 0 fully saturated rings. The Morgan fingerprint density at radius 3 is 2.14 bits per heavy atom. The zero-order valence-corrected chi connectivity index (χ0v) is 10.8. The van der Waals surface area contributed by atoms with E-state index in [-0.39, 0.29) is 17.5 Å². The highest BCUT2D eigenvalue weighted by atomic mass is 127. The van der Waals surface area contributed by atoms with Crippen LogP contribution >= 0.6 is 22.6 Å². The first-order chi connectivity index (χ1) is 6.40. The third-order valence-corrected chi connectivity index (χ3v) is 3.22. The standard InChI is InChI=1S/C9H14INO3/c1-5(2)7(10)8(9(13)14-4)11-6(3)12/h5H,1-4H3,(H,11,12)/b8-7-. The summed E-state index contributed by atoms with van der Waals surface area (Å²) < 4.78 is 5.35. The van der Waals surface area contributed by atoms with E-state index in [1.807, 2.05) is 36.4 Å². The molecule has 0 aromatic rings. The van der Waals surface area contributed by atoms with Crippen LogP contribution in [-0.4, -0.2) is 19.0 Å². The first kappa shape index (κ1) is 13.4. The van der Waals surface area contributed by atoms with Gasteiger partial charge in [-0.05, 0) is 28.5 Å². The molecular formula is C9H14INO3. The normalized spacial score (nSPS) is 12.1. The van der Waals surface area contributed by atoms with Gasteiger partial charge in [0.1, 0.15) is 5.70 Å². The van der Waals surface area contributed by atoms with Crippen LogP contribution in [0, 0.1) is 5.92 Å². The highest BCUT2D eigenvalue weighted by Crippen LogP contribution is 2.21. The summed E-state index contributed by atoms with van der Waals surface area (Å²) in [4.78, 5) is 22.1. The number of carbonyl (C=O) groups is 2. The summed E-state index contributed by atoms with van der Waals surface area (Å²) in [6, 6.07) is 0. The Bertz CT molecular complexity index is 271. The summed E-state index contributed by atoms with van der Waals surface area (Å²) in [5.41, 5.74) is 0.232. The maximum atomic E-state index is 11.3. The maximum absolute atomic E-state index is 11.3. The van der Waals surface area contributed by atoms with E-state index in [1.54, 1.807) is 0 Å². The summed E-state index contributed by atoms with van der Waals surface area (Å²) >= 11 is 2.03. The molecule has 14 heavy (non-hydrogen) atoms. The van der Waals surface area contributed by atoms with Crippen molar-refractivity contribution < 1.29 is 14.3 Å². The van der Waals surface area contributed by atoms with E-state index in [1.165, 1.54) is 14.0 Å². The Kier molecular flexibility index (Phi) is 5.75. The van der Waals surface area contributed by atoms with Gasteiger partial charge in [0, 0.05) is 10.5 Å². The van der Waals surface area contributed by atoms with Crippen LogP contribution in [0.4, 0.5) is 0 Å². The van der Waals surface area contributed by atoms with Crippen LogP contribution in [0.5, 0.6) is 0 Å². The highest BCUT2D eigenvalue weighted by Gasteiger charge is 2.17. The summed E-state index contributed by atoms with van der Waals surface area (Å²) in [5.74, 6) is -0.616. The fraction of sp³-hybridized carbons (Fsp3) is 0.556. The molecule has 0 aliphatic carbocycles. The van der Waals surface area contributed by atoms with Crippen LogP contribution in [0.1, 0.15) is 20.8 Å². The summed E-state index contributed by atoms with van der Waals surface area (Å²) in [6.07, 6.45) is 0. The molecule has 0 aliphatic rings. The third kappa shape index (κ3) is 4.08. The molecule has 0 atom stereocenters. The third-order valence-electron chi connectivity index (χ3n) is 1.44. The number of carbonyl (C=O) groups excluding carboxylic acids is 2. The number of methoxy groups -OCH3 is 1. The van der Waals surface area contributed by atoms with Gasteiger partial charge in [0.15, 0.2) is 0 Å². The number of nitrogens with one attached hydrogen (secondary N) is 1. The molecule has 0 unspecified atom stereocenters. The van der Waals surface area contributed by atoms with E-state index in [4.69, 9.17) is 0 Å². The van der Waals surface area contributed by atoms with E-state index in [2.05, 4.69) is 10.1 Å². The van der Waals surface area contributed by atoms with Crippen LogP contribution in [0.25, 0.3) is 0 Å². The van der Waals surface area contributed by atoms with E-state index in [9.17, 15) is 9.59 Å². The average molecular weight is 311 g/mol. The Morgan fingerprint density at radius 1 is 1.36 bits per heavy atom. The van der Waals surface area contributed by atoms with Crippen LogP contribution in [0.3, 0.4) is 0 Å². The summed E-state index contributed by atoms with van der Waals surface area (Å²) in [5, 5.41) is 2.47. The largest absolute Gasteiger partial charge is 0.464 e. The fourth-order valence-electron chi connectivity index (χ4n) is 0.775. The van der Waals surface area contributed by atoms with E-state index in [0.717, 1.165) is 3.58 Å². The molecular weight excluding hydrogens is 297 g/mol. The molecule has 1 N–H and O–H groups in total. The first-order valence-corrected chi connectivity index (χ1v) is 5.23. The minimum Gasteiger partial charge on any atom is -0.464 e. The zero-order chi connectivity index (χ0) is 11.3. The Morgan fingerprint density at radius 2 is 1.86 bits per heavy atom. The molecule has 5 heteroatoms. The van der Waals surface area contributed by atoms with E-state index in [0.29, 0.717) is 0 Å². The molecule has 0 heterocycles. The van der Waals surface area contributed by atoms with Crippen molar-refractivity contribution in [2.75, 3.05) is 7.11 Å². The molecule has 0 spiro atoms. The van der Waals surface area contributed by atoms with Crippen LogP contribution in [0.15, 0.2) is 9.28 Å². The van der Waals surface area contributed by atoms with Crippen molar-refractivity contribution >= 4 is 34.5 Å². The number of hydrogen-bond donors (Lipinski definition) is 1. The minimum absolute atomic E-state index is 0.177. The fourth-order valence-corrected chi connectivity index (χ4v) is 1.13. The maximum Gasteiger partial charge on any atom is 0.355 e. The Hall–Kier alpha value is -0.590. The topological polar surface area (TPSA) is 55.4 Å². The summed E-state index contributed by atoms with van der Waals surface area (Å²) in [6.45, 7) is 5.23. The molecule has 0 aromatic heterocycles. The minimum atomic E-state index is -0.515. The van der Waals surface area contributed by atoms with Gasteiger partial charge in [-0.2, -0.15) is 0 Å².